The molecule has 27 heavy (non-hydrogen) atoms. The molecular weight excluding hydrogens is 388 g/mol. The van der Waals surface area contributed by atoms with E-state index in [1.807, 2.05) is 0 Å². The first-order chi connectivity index (χ1) is 12.9. The third-order valence-electron chi connectivity index (χ3n) is 3.96. The number of nitrogens with zero attached hydrogens (tertiary/aromatic N) is 1. The zero-order valence-electron chi connectivity index (χ0n) is 14.4. The molecule has 0 aliphatic heterocycles. The van der Waals surface area contributed by atoms with Gasteiger partial charge in [0.05, 0.1) is 34.0 Å². The van der Waals surface area contributed by atoms with Gasteiger partial charge in [-0.3, -0.25) is 9.10 Å². The van der Waals surface area contributed by atoms with Gasteiger partial charge in [-0.15, -0.1) is 0 Å². The van der Waals surface area contributed by atoms with Gasteiger partial charge < -0.3 is 9.73 Å². The van der Waals surface area contributed by atoms with Crippen molar-refractivity contribution in [3.05, 3.63) is 83.3 Å². The van der Waals surface area contributed by atoms with Gasteiger partial charge in [0.25, 0.3) is 15.9 Å². The number of carbonyl (C=O) groups excluding carboxylic acids is 1. The van der Waals surface area contributed by atoms with E-state index in [2.05, 4.69) is 5.32 Å². The van der Waals surface area contributed by atoms with Gasteiger partial charge in [-0.2, -0.15) is 0 Å². The number of carbonyl (C=O) groups is 1. The average Bonchev–Trinajstić information content (AvgIpc) is 3.20. The molecule has 0 atom stereocenters. The maximum atomic E-state index is 12.8. The van der Waals surface area contributed by atoms with E-state index in [1.54, 1.807) is 36.4 Å². The summed E-state index contributed by atoms with van der Waals surface area (Å²) in [6.07, 6.45) is 1.51. The highest BCUT2D eigenvalue weighted by atomic mass is 35.5. The van der Waals surface area contributed by atoms with Crippen molar-refractivity contribution in [1.82, 2.24) is 5.32 Å². The van der Waals surface area contributed by atoms with Crippen molar-refractivity contribution in [3.8, 4) is 0 Å². The van der Waals surface area contributed by atoms with Crippen LogP contribution < -0.4 is 9.62 Å². The second-order valence-corrected chi connectivity index (χ2v) is 8.09. The SMILES string of the molecule is CN(c1ccc(Cl)c(C(=O)NCc2ccco2)c1)S(=O)(=O)c1ccccc1. The van der Waals surface area contributed by atoms with E-state index in [4.69, 9.17) is 16.0 Å². The Labute approximate surface area is 162 Å². The number of halogens is 1. The Morgan fingerprint density at radius 2 is 1.85 bits per heavy atom. The van der Waals surface area contributed by atoms with Crippen molar-refractivity contribution in [2.45, 2.75) is 11.4 Å². The quantitative estimate of drug-likeness (QED) is 0.679. The van der Waals surface area contributed by atoms with E-state index in [0.717, 1.165) is 4.31 Å². The number of amides is 1. The minimum absolute atomic E-state index is 0.159. The molecule has 0 saturated carbocycles. The van der Waals surface area contributed by atoms with Crippen LogP contribution in [-0.2, 0) is 16.6 Å². The van der Waals surface area contributed by atoms with E-state index in [9.17, 15) is 13.2 Å². The van der Waals surface area contributed by atoms with Crippen molar-refractivity contribution in [3.63, 3.8) is 0 Å². The predicted octanol–water partition coefficient (Wildman–Crippen LogP) is 3.69. The maximum absolute atomic E-state index is 12.8. The van der Waals surface area contributed by atoms with Crippen LogP contribution in [0.3, 0.4) is 0 Å². The van der Waals surface area contributed by atoms with Crippen LogP contribution in [0, 0.1) is 0 Å². The molecule has 0 bridgehead atoms. The minimum atomic E-state index is -3.75. The Morgan fingerprint density at radius 3 is 2.52 bits per heavy atom. The lowest BCUT2D eigenvalue weighted by Gasteiger charge is -2.20. The van der Waals surface area contributed by atoms with Gasteiger partial charge in [-0.25, -0.2) is 8.42 Å². The molecule has 3 aromatic rings. The maximum Gasteiger partial charge on any atom is 0.264 e. The Kier molecular flexibility index (Phi) is 5.53. The molecule has 0 spiro atoms. The second kappa shape index (κ2) is 7.85. The fourth-order valence-corrected chi connectivity index (χ4v) is 3.86. The molecule has 0 aliphatic carbocycles. The summed E-state index contributed by atoms with van der Waals surface area (Å²) in [6.45, 7) is 0.199. The van der Waals surface area contributed by atoms with Crippen LogP contribution in [0.25, 0.3) is 0 Å². The van der Waals surface area contributed by atoms with Gasteiger partial charge in [0.1, 0.15) is 5.76 Å². The van der Waals surface area contributed by atoms with Gasteiger partial charge in [-0.05, 0) is 42.5 Å². The van der Waals surface area contributed by atoms with Crippen LogP contribution in [0.5, 0.6) is 0 Å². The molecule has 1 heterocycles. The largest absolute Gasteiger partial charge is 0.467 e. The molecule has 0 aliphatic rings. The van der Waals surface area contributed by atoms with E-state index in [-0.39, 0.29) is 22.0 Å². The number of furan rings is 1. The Bertz CT molecular complexity index is 1030. The number of anilines is 1. The molecule has 0 saturated heterocycles. The van der Waals surface area contributed by atoms with E-state index < -0.39 is 15.9 Å². The zero-order chi connectivity index (χ0) is 19.4. The van der Waals surface area contributed by atoms with Gasteiger partial charge in [0.2, 0.25) is 0 Å². The standard InChI is InChI=1S/C19H17ClN2O4S/c1-22(27(24,25)16-7-3-2-4-8-16)14-9-10-18(20)17(12-14)19(23)21-13-15-6-5-11-26-15/h2-12H,13H2,1H3,(H,21,23). The van der Waals surface area contributed by atoms with E-state index >= 15 is 0 Å². The monoisotopic (exact) mass is 404 g/mol. The van der Waals surface area contributed by atoms with Crippen molar-refractivity contribution < 1.29 is 17.6 Å². The molecule has 140 valence electrons. The lowest BCUT2D eigenvalue weighted by atomic mass is 10.2. The van der Waals surface area contributed by atoms with Gasteiger partial charge >= 0.3 is 0 Å². The molecular formula is C19H17ClN2O4S. The summed E-state index contributed by atoms with van der Waals surface area (Å²) in [6, 6.07) is 16.0. The predicted molar refractivity (Wildman–Crippen MR) is 103 cm³/mol. The van der Waals surface area contributed by atoms with E-state index in [0.29, 0.717) is 11.4 Å². The number of nitrogens with one attached hydrogen (secondary N) is 1. The zero-order valence-corrected chi connectivity index (χ0v) is 16.0. The fraction of sp³-hybridized carbons (Fsp3) is 0.105. The van der Waals surface area contributed by atoms with Crippen LogP contribution >= 0.6 is 11.6 Å². The highest BCUT2D eigenvalue weighted by Gasteiger charge is 2.22. The number of hydrogen-bond donors (Lipinski definition) is 1. The van der Waals surface area contributed by atoms with Crippen LogP contribution in [0.2, 0.25) is 5.02 Å². The third-order valence-corrected chi connectivity index (χ3v) is 6.09. The highest BCUT2D eigenvalue weighted by molar-refractivity contribution is 7.92. The topological polar surface area (TPSA) is 79.6 Å². The van der Waals surface area contributed by atoms with Crippen LogP contribution in [0.1, 0.15) is 16.1 Å². The summed E-state index contributed by atoms with van der Waals surface area (Å²) in [5, 5.41) is 2.92. The van der Waals surface area contributed by atoms with Crippen LogP contribution in [-0.4, -0.2) is 21.4 Å². The van der Waals surface area contributed by atoms with Gasteiger partial charge in [0.15, 0.2) is 0 Å². The summed E-state index contributed by atoms with van der Waals surface area (Å²) < 4.78 is 31.8. The molecule has 1 N–H and O–H groups in total. The van der Waals surface area contributed by atoms with E-state index in [1.165, 1.54) is 37.6 Å². The van der Waals surface area contributed by atoms with Crippen molar-refractivity contribution >= 4 is 33.2 Å². The first-order valence-electron chi connectivity index (χ1n) is 8.03. The summed E-state index contributed by atoms with van der Waals surface area (Å²) in [4.78, 5) is 12.6. The molecule has 0 radical (unpaired) electrons. The normalized spacial score (nSPS) is 11.2. The molecule has 1 aromatic heterocycles. The first kappa shape index (κ1) is 19.0. The Hall–Kier alpha value is -2.77. The fourth-order valence-electron chi connectivity index (χ4n) is 2.45. The summed E-state index contributed by atoms with van der Waals surface area (Å²) in [5.41, 5.74) is 0.502. The number of hydrogen-bond acceptors (Lipinski definition) is 4. The van der Waals surface area contributed by atoms with Crippen molar-refractivity contribution in [1.29, 1.82) is 0 Å². The summed E-state index contributed by atoms with van der Waals surface area (Å²) in [5.74, 6) is 0.170. The smallest absolute Gasteiger partial charge is 0.264 e. The molecule has 0 unspecified atom stereocenters. The molecule has 8 heteroatoms. The summed E-state index contributed by atoms with van der Waals surface area (Å²) in [7, 11) is -2.32. The highest BCUT2D eigenvalue weighted by Crippen LogP contribution is 2.26. The molecule has 3 rings (SSSR count). The van der Waals surface area contributed by atoms with Crippen molar-refractivity contribution in [2.24, 2.45) is 0 Å². The molecule has 2 aromatic carbocycles. The molecule has 1 amide bonds. The Balaban J connectivity index is 1.85. The third kappa shape index (κ3) is 4.15. The number of benzene rings is 2. The molecule has 0 fully saturated rings. The van der Waals surface area contributed by atoms with Crippen molar-refractivity contribution in [2.75, 3.05) is 11.4 Å². The lowest BCUT2D eigenvalue weighted by Crippen LogP contribution is -2.27. The second-order valence-electron chi connectivity index (χ2n) is 5.71. The van der Waals surface area contributed by atoms with Gasteiger partial charge in [-0.1, -0.05) is 29.8 Å². The average molecular weight is 405 g/mol. The van der Waals surface area contributed by atoms with Crippen LogP contribution in [0.4, 0.5) is 5.69 Å². The Morgan fingerprint density at radius 1 is 1.11 bits per heavy atom. The lowest BCUT2D eigenvalue weighted by molar-refractivity contribution is 0.0948. The first-order valence-corrected chi connectivity index (χ1v) is 9.85. The minimum Gasteiger partial charge on any atom is -0.467 e. The summed E-state index contributed by atoms with van der Waals surface area (Å²) >= 11 is 6.14. The van der Waals surface area contributed by atoms with Gasteiger partial charge in [0, 0.05) is 7.05 Å². The number of rotatable bonds is 6. The number of sulfonamides is 1. The van der Waals surface area contributed by atoms with Crippen LogP contribution in [0.15, 0.2) is 76.2 Å². The molecule has 6 nitrogen and oxygen atoms in total.